The summed E-state index contributed by atoms with van der Waals surface area (Å²) in [5.74, 6) is 0.665. The van der Waals surface area contributed by atoms with E-state index in [1.54, 1.807) is 29.2 Å². The maximum Gasteiger partial charge on any atom is 0.261 e. The summed E-state index contributed by atoms with van der Waals surface area (Å²) in [4.78, 5) is 14.6. The zero-order chi connectivity index (χ0) is 21.2. The number of fused-ring (bicyclic) bond motifs is 1. The molecule has 0 atom stereocenters. The molecule has 1 N–H and O–H groups in total. The highest BCUT2D eigenvalue weighted by atomic mass is 32.2. The molecule has 2 aromatic carbocycles. The van der Waals surface area contributed by atoms with E-state index >= 15 is 0 Å². The van der Waals surface area contributed by atoms with E-state index in [0.717, 1.165) is 24.1 Å². The van der Waals surface area contributed by atoms with Crippen molar-refractivity contribution in [3.63, 3.8) is 0 Å². The van der Waals surface area contributed by atoms with E-state index in [1.165, 1.54) is 12.1 Å². The zero-order valence-corrected chi connectivity index (χ0v) is 18.2. The van der Waals surface area contributed by atoms with Gasteiger partial charge in [-0.2, -0.15) is 0 Å². The van der Waals surface area contributed by atoms with Crippen LogP contribution in [0.1, 0.15) is 39.7 Å². The standard InChI is InChI=1S/C22H28N2O4S/c1-5-14-28-18-8-10-19(11-9-18)29(26,27)23-17-7-6-16-12-13-24(20(16)15-17)21(25)22(2,3)4/h6-11,15,23H,5,12-14H2,1-4H3. The molecule has 6 nitrogen and oxygen atoms in total. The van der Waals surface area contributed by atoms with Crippen molar-refractivity contribution in [2.24, 2.45) is 5.41 Å². The van der Waals surface area contributed by atoms with Crippen molar-refractivity contribution in [2.45, 2.75) is 45.4 Å². The molecule has 2 aromatic rings. The average Bonchev–Trinajstić information content (AvgIpc) is 3.08. The molecule has 1 heterocycles. The molecule has 0 fully saturated rings. The first-order chi connectivity index (χ1) is 13.6. The molecular weight excluding hydrogens is 388 g/mol. The summed E-state index contributed by atoms with van der Waals surface area (Å²) >= 11 is 0. The van der Waals surface area contributed by atoms with Crippen molar-refractivity contribution in [1.29, 1.82) is 0 Å². The lowest BCUT2D eigenvalue weighted by molar-refractivity contribution is -0.125. The third kappa shape index (κ3) is 4.72. The number of carbonyl (C=O) groups excluding carboxylic acids is 1. The number of amides is 1. The number of benzene rings is 2. The topological polar surface area (TPSA) is 75.7 Å². The van der Waals surface area contributed by atoms with Gasteiger partial charge in [-0.15, -0.1) is 0 Å². The number of rotatable bonds is 6. The highest BCUT2D eigenvalue weighted by Crippen LogP contribution is 2.34. The summed E-state index contributed by atoms with van der Waals surface area (Å²) < 4.78 is 33.7. The largest absolute Gasteiger partial charge is 0.494 e. The summed E-state index contributed by atoms with van der Waals surface area (Å²) in [6.45, 7) is 8.86. The summed E-state index contributed by atoms with van der Waals surface area (Å²) in [6, 6.07) is 11.7. The molecule has 1 amide bonds. The second kappa shape index (κ2) is 8.06. The van der Waals surface area contributed by atoms with E-state index in [0.29, 0.717) is 24.6 Å². The van der Waals surface area contributed by atoms with Crippen LogP contribution in [-0.2, 0) is 21.2 Å². The molecule has 0 unspecified atom stereocenters. The fourth-order valence-corrected chi connectivity index (χ4v) is 4.26. The Balaban J connectivity index is 1.81. The lowest BCUT2D eigenvalue weighted by atomic mass is 9.94. The Morgan fingerprint density at radius 1 is 1.14 bits per heavy atom. The first-order valence-electron chi connectivity index (χ1n) is 9.82. The third-order valence-electron chi connectivity index (χ3n) is 4.73. The van der Waals surface area contributed by atoms with Crippen molar-refractivity contribution >= 4 is 27.3 Å². The Hall–Kier alpha value is -2.54. The van der Waals surface area contributed by atoms with E-state index in [9.17, 15) is 13.2 Å². The van der Waals surface area contributed by atoms with Gasteiger partial charge in [0.1, 0.15) is 5.75 Å². The van der Waals surface area contributed by atoms with Gasteiger partial charge in [-0.3, -0.25) is 9.52 Å². The van der Waals surface area contributed by atoms with Crippen LogP contribution >= 0.6 is 0 Å². The van der Waals surface area contributed by atoms with Crippen molar-refractivity contribution in [3.8, 4) is 5.75 Å². The van der Waals surface area contributed by atoms with E-state index in [-0.39, 0.29) is 10.8 Å². The van der Waals surface area contributed by atoms with E-state index in [1.807, 2.05) is 33.8 Å². The Kier molecular flexibility index (Phi) is 5.89. The maximum atomic E-state index is 12.8. The predicted molar refractivity (Wildman–Crippen MR) is 115 cm³/mol. The molecule has 3 rings (SSSR count). The molecule has 0 saturated heterocycles. The van der Waals surface area contributed by atoms with Gasteiger partial charge in [0, 0.05) is 17.6 Å². The van der Waals surface area contributed by atoms with Crippen LogP contribution in [-0.4, -0.2) is 27.5 Å². The quantitative estimate of drug-likeness (QED) is 0.765. The summed E-state index contributed by atoms with van der Waals surface area (Å²) in [5, 5.41) is 0. The molecule has 0 saturated carbocycles. The average molecular weight is 417 g/mol. The van der Waals surface area contributed by atoms with Gasteiger partial charge >= 0.3 is 0 Å². The van der Waals surface area contributed by atoms with Crippen molar-refractivity contribution in [2.75, 3.05) is 22.8 Å². The molecule has 0 radical (unpaired) electrons. The van der Waals surface area contributed by atoms with Crippen LogP contribution in [0, 0.1) is 5.41 Å². The van der Waals surface area contributed by atoms with Gasteiger partial charge in [-0.05, 0) is 54.8 Å². The summed E-state index contributed by atoms with van der Waals surface area (Å²) in [5.41, 5.74) is 1.75. The zero-order valence-electron chi connectivity index (χ0n) is 17.4. The number of sulfonamides is 1. The molecule has 156 valence electrons. The molecule has 1 aliphatic heterocycles. The van der Waals surface area contributed by atoms with Crippen LogP contribution in [0.4, 0.5) is 11.4 Å². The SMILES string of the molecule is CCCOc1ccc(S(=O)(=O)Nc2ccc3c(c2)N(C(=O)C(C)(C)C)CC3)cc1. The lowest BCUT2D eigenvalue weighted by Crippen LogP contribution is -2.38. The van der Waals surface area contributed by atoms with Crippen molar-refractivity contribution in [1.82, 2.24) is 0 Å². The van der Waals surface area contributed by atoms with Crippen LogP contribution in [0.25, 0.3) is 0 Å². The maximum absolute atomic E-state index is 12.8. The van der Waals surface area contributed by atoms with Gasteiger partial charge in [0.15, 0.2) is 0 Å². The number of hydrogen-bond donors (Lipinski definition) is 1. The minimum absolute atomic E-state index is 0.0268. The number of carbonyl (C=O) groups is 1. The van der Waals surface area contributed by atoms with Crippen molar-refractivity contribution < 1.29 is 17.9 Å². The Morgan fingerprint density at radius 3 is 2.45 bits per heavy atom. The Bertz CT molecular complexity index is 992. The molecule has 0 aliphatic carbocycles. The van der Waals surface area contributed by atoms with Gasteiger partial charge < -0.3 is 9.64 Å². The number of anilines is 2. The number of hydrogen-bond acceptors (Lipinski definition) is 4. The Labute approximate surface area is 172 Å². The second-order valence-corrected chi connectivity index (χ2v) is 9.91. The fourth-order valence-electron chi connectivity index (χ4n) is 3.21. The van der Waals surface area contributed by atoms with Crippen LogP contribution in [0.5, 0.6) is 5.75 Å². The highest BCUT2D eigenvalue weighted by molar-refractivity contribution is 7.92. The molecule has 0 bridgehead atoms. The third-order valence-corrected chi connectivity index (χ3v) is 6.12. The predicted octanol–water partition coefficient (Wildman–Crippen LogP) is 4.21. The number of nitrogens with zero attached hydrogens (tertiary/aromatic N) is 1. The van der Waals surface area contributed by atoms with Crippen LogP contribution in [0.2, 0.25) is 0 Å². The highest BCUT2D eigenvalue weighted by Gasteiger charge is 2.32. The molecular formula is C22H28N2O4S. The minimum Gasteiger partial charge on any atom is -0.494 e. The molecule has 29 heavy (non-hydrogen) atoms. The van der Waals surface area contributed by atoms with E-state index in [2.05, 4.69) is 4.72 Å². The monoisotopic (exact) mass is 416 g/mol. The van der Waals surface area contributed by atoms with Gasteiger partial charge in [0.2, 0.25) is 5.91 Å². The van der Waals surface area contributed by atoms with Crippen LogP contribution in [0.3, 0.4) is 0 Å². The van der Waals surface area contributed by atoms with Crippen LogP contribution < -0.4 is 14.4 Å². The first-order valence-corrected chi connectivity index (χ1v) is 11.3. The molecule has 1 aliphatic rings. The van der Waals surface area contributed by atoms with Gasteiger partial charge in [0.25, 0.3) is 10.0 Å². The minimum atomic E-state index is -3.74. The second-order valence-electron chi connectivity index (χ2n) is 8.23. The normalized spacial score (nSPS) is 13.9. The van der Waals surface area contributed by atoms with Gasteiger partial charge in [-0.25, -0.2) is 8.42 Å². The van der Waals surface area contributed by atoms with Crippen LogP contribution in [0.15, 0.2) is 47.4 Å². The summed E-state index contributed by atoms with van der Waals surface area (Å²) in [6.07, 6.45) is 1.65. The fraction of sp³-hybridized carbons (Fsp3) is 0.409. The lowest BCUT2D eigenvalue weighted by Gasteiger charge is -2.26. The first kappa shape index (κ1) is 21.2. The Morgan fingerprint density at radius 2 is 1.83 bits per heavy atom. The molecule has 0 spiro atoms. The summed E-state index contributed by atoms with van der Waals surface area (Å²) in [7, 11) is -3.74. The number of nitrogens with one attached hydrogen (secondary N) is 1. The molecule has 7 heteroatoms. The van der Waals surface area contributed by atoms with Gasteiger partial charge in [-0.1, -0.05) is 33.8 Å². The van der Waals surface area contributed by atoms with E-state index in [4.69, 9.17) is 4.74 Å². The smallest absolute Gasteiger partial charge is 0.261 e. The van der Waals surface area contributed by atoms with E-state index < -0.39 is 15.4 Å². The van der Waals surface area contributed by atoms with Crippen molar-refractivity contribution in [3.05, 3.63) is 48.0 Å². The molecule has 0 aromatic heterocycles. The number of ether oxygens (including phenoxy) is 1. The van der Waals surface area contributed by atoms with Gasteiger partial charge in [0.05, 0.1) is 17.2 Å².